The highest BCUT2D eigenvalue weighted by molar-refractivity contribution is 7.08. The molecule has 0 spiro atoms. The summed E-state index contributed by atoms with van der Waals surface area (Å²) in [6.45, 7) is 5.05. The van der Waals surface area contributed by atoms with E-state index in [4.69, 9.17) is 4.74 Å². The van der Waals surface area contributed by atoms with E-state index in [-0.39, 0.29) is 17.9 Å². The van der Waals surface area contributed by atoms with Crippen molar-refractivity contribution in [1.29, 1.82) is 0 Å². The van der Waals surface area contributed by atoms with Crippen LogP contribution in [0, 0.1) is 0 Å². The first-order valence-electron chi connectivity index (χ1n) is 8.21. The molecule has 3 rings (SSSR count). The molecule has 0 saturated carbocycles. The lowest BCUT2D eigenvalue weighted by molar-refractivity contribution is -0.139. The molecule has 23 heavy (non-hydrogen) atoms. The van der Waals surface area contributed by atoms with Crippen molar-refractivity contribution in [2.24, 2.45) is 0 Å². The van der Waals surface area contributed by atoms with Gasteiger partial charge in [0.2, 0.25) is 5.91 Å². The number of morpholine rings is 1. The third-order valence-electron chi connectivity index (χ3n) is 4.36. The van der Waals surface area contributed by atoms with Gasteiger partial charge in [0.05, 0.1) is 18.9 Å². The van der Waals surface area contributed by atoms with Crippen LogP contribution in [0.5, 0.6) is 0 Å². The highest BCUT2D eigenvalue weighted by Crippen LogP contribution is 2.25. The summed E-state index contributed by atoms with van der Waals surface area (Å²) in [7, 11) is 0. The molecule has 0 bridgehead atoms. The van der Waals surface area contributed by atoms with E-state index in [9.17, 15) is 9.59 Å². The van der Waals surface area contributed by atoms with Gasteiger partial charge >= 0.3 is 0 Å². The summed E-state index contributed by atoms with van der Waals surface area (Å²) in [5.74, 6) is -0.0405. The molecule has 1 aromatic heterocycles. The largest absolute Gasteiger partial charge is 0.378 e. The fourth-order valence-corrected chi connectivity index (χ4v) is 3.83. The van der Waals surface area contributed by atoms with Gasteiger partial charge in [0.15, 0.2) is 0 Å². The summed E-state index contributed by atoms with van der Waals surface area (Å²) < 4.78 is 9.22. The maximum absolute atomic E-state index is 12.9. The van der Waals surface area contributed by atoms with Crippen molar-refractivity contribution in [2.45, 2.75) is 38.6 Å². The number of aromatic nitrogens is 2. The van der Waals surface area contributed by atoms with Crippen molar-refractivity contribution >= 4 is 23.3 Å². The van der Waals surface area contributed by atoms with Crippen LogP contribution in [-0.2, 0) is 16.0 Å². The van der Waals surface area contributed by atoms with Crippen LogP contribution >= 0.6 is 11.5 Å². The van der Waals surface area contributed by atoms with Gasteiger partial charge in [0, 0.05) is 19.6 Å². The summed E-state index contributed by atoms with van der Waals surface area (Å²) in [6, 6.07) is -0.350. The average molecular weight is 338 g/mol. The van der Waals surface area contributed by atoms with E-state index >= 15 is 0 Å². The Balaban J connectivity index is 1.74. The molecule has 1 atom stereocenters. The topological polar surface area (TPSA) is 75.6 Å². The second kappa shape index (κ2) is 7.35. The van der Waals surface area contributed by atoms with Gasteiger partial charge in [0.1, 0.15) is 10.9 Å². The Bertz CT molecular complexity index is 571. The van der Waals surface area contributed by atoms with Crippen LogP contribution < -0.4 is 0 Å². The van der Waals surface area contributed by atoms with Crippen LogP contribution in [-0.4, -0.2) is 70.1 Å². The normalized spacial score (nSPS) is 21.7. The maximum atomic E-state index is 12.9. The molecule has 0 aliphatic carbocycles. The molecular weight excluding hydrogens is 316 g/mol. The fourth-order valence-electron chi connectivity index (χ4n) is 3.16. The summed E-state index contributed by atoms with van der Waals surface area (Å²) in [4.78, 5) is 29.7. The van der Waals surface area contributed by atoms with Crippen molar-refractivity contribution in [1.82, 2.24) is 19.4 Å². The number of carbonyl (C=O) groups excluding carboxylic acids is 2. The van der Waals surface area contributed by atoms with Crippen LogP contribution in [0.2, 0.25) is 0 Å². The van der Waals surface area contributed by atoms with Crippen molar-refractivity contribution in [3.8, 4) is 0 Å². The Morgan fingerprint density at radius 1 is 1.30 bits per heavy atom. The van der Waals surface area contributed by atoms with Gasteiger partial charge in [-0.1, -0.05) is 17.8 Å². The van der Waals surface area contributed by atoms with Crippen LogP contribution in [0.4, 0.5) is 0 Å². The van der Waals surface area contributed by atoms with Crippen LogP contribution in [0.25, 0.3) is 0 Å². The number of aryl methyl sites for hydroxylation is 1. The molecular formula is C15H22N4O3S. The molecule has 7 nitrogen and oxygen atoms in total. The van der Waals surface area contributed by atoms with Crippen molar-refractivity contribution in [3.63, 3.8) is 0 Å². The van der Waals surface area contributed by atoms with Gasteiger partial charge in [-0.15, -0.1) is 5.10 Å². The number of rotatable bonds is 4. The fraction of sp³-hybridized carbons (Fsp3) is 0.733. The summed E-state index contributed by atoms with van der Waals surface area (Å²) in [5.41, 5.74) is 0.756. The summed E-state index contributed by atoms with van der Waals surface area (Å²) in [6.07, 6.45) is 3.26. The van der Waals surface area contributed by atoms with Gasteiger partial charge in [-0.05, 0) is 30.8 Å². The molecule has 2 saturated heterocycles. The van der Waals surface area contributed by atoms with Crippen molar-refractivity contribution < 1.29 is 14.3 Å². The second-order valence-electron chi connectivity index (χ2n) is 5.89. The van der Waals surface area contributed by atoms with E-state index in [0.717, 1.165) is 42.9 Å². The highest BCUT2D eigenvalue weighted by Gasteiger charge is 2.38. The molecule has 1 aromatic rings. The molecule has 2 aliphatic heterocycles. The van der Waals surface area contributed by atoms with Gasteiger partial charge < -0.3 is 14.5 Å². The Labute approximate surface area is 139 Å². The zero-order valence-electron chi connectivity index (χ0n) is 13.4. The average Bonchev–Trinajstić information content (AvgIpc) is 3.24. The lowest BCUT2D eigenvalue weighted by Crippen LogP contribution is -2.51. The molecule has 0 aromatic carbocycles. The van der Waals surface area contributed by atoms with Crippen molar-refractivity contribution in [2.75, 3.05) is 32.8 Å². The minimum Gasteiger partial charge on any atom is -0.378 e. The minimum atomic E-state index is -0.350. The molecule has 2 amide bonds. The molecule has 0 radical (unpaired) electrons. The highest BCUT2D eigenvalue weighted by atomic mass is 32.1. The maximum Gasteiger partial charge on any atom is 0.268 e. The standard InChI is InChI=1S/C15H22N4O3S/c1-2-4-11-13(23-17-16-11)15(21)19-6-3-5-12(19)14(20)18-7-9-22-10-8-18/h12H,2-10H2,1H3/t12-/m0/s1. The van der Waals surface area contributed by atoms with E-state index in [0.29, 0.717) is 37.7 Å². The predicted molar refractivity (Wildman–Crippen MR) is 85.4 cm³/mol. The second-order valence-corrected chi connectivity index (χ2v) is 6.65. The number of hydrogen-bond acceptors (Lipinski definition) is 6. The van der Waals surface area contributed by atoms with E-state index in [1.54, 1.807) is 4.90 Å². The van der Waals surface area contributed by atoms with E-state index in [2.05, 4.69) is 9.59 Å². The molecule has 2 fully saturated rings. The molecule has 2 aliphatic rings. The number of likely N-dealkylation sites (tertiary alicyclic amines) is 1. The monoisotopic (exact) mass is 338 g/mol. The minimum absolute atomic E-state index is 0.0497. The number of ether oxygens (including phenoxy) is 1. The van der Waals surface area contributed by atoms with Gasteiger partial charge in [-0.3, -0.25) is 9.59 Å². The first-order chi connectivity index (χ1) is 11.2. The van der Waals surface area contributed by atoms with Gasteiger partial charge in [0.25, 0.3) is 5.91 Å². The van der Waals surface area contributed by atoms with Crippen molar-refractivity contribution in [3.05, 3.63) is 10.6 Å². The van der Waals surface area contributed by atoms with Gasteiger partial charge in [-0.25, -0.2) is 0 Å². The predicted octanol–water partition coefficient (Wildman–Crippen LogP) is 0.954. The smallest absolute Gasteiger partial charge is 0.268 e. The van der Waals surface area contributed by atoms with Crippen LogP contribution in [0.15, 0.2) is 0 Å². The quantitative estimate of drug-likeness (QED) is 0.817. The molecule has 0 unspecified atom stereocenters. The lowest BCUT2D eigenvalue weighted by atomic mass is 10.1. The molecule has 0 N–H and O–H groups in total. The van der Waals surface area contributed by atoms with E-state index < -0.39 is 0 Å². The lowest BCUT2D eigenvalue weighted by Gasteiger charge is -2.32. The Morgan fingerprint density at radius 3 is 2.83 bits per heavy atom. The zero-order chi connectivity index (χ0) is 16.2. The summed E-state index contributed by atoms with van der Waals surface area (Å²) in [5, 5.41) is 4.07. The first kappa shape index (κ1) is 16.3. The number of nitrogens with zero attached hydrogens (tertiary/aromatic N) is 4. The Kier molecular flexibility index (Phi) is 5.22. The van der Waals surface area contributed by atoms with Crippen LogP contribution in [0.1, 0.15) is 41.6 Å². The molecule has 8 heteroatoms. The summed E-state index contributed by atoms with van der Waals surface area (Å²) >= 11 is 1.14. The number of carbonyl (C=O) groups is 2. The number of hydrogen-bond donors (Lipinski definition) is 0. The van der Waals surface area contributed by atoms with Crippen LogP contribution in [0.3, 0.4) is 0 Å². The van der Waals surface area contributed by atoms with E-state index in [1.807, 2.05) is 11.8 Å². The third-order valence-corrected chi connectivity index (χ3v) is 5.11. The molecule has 126 valence electrons. The SMILES string of the molecule is CCCc1nnsc1C(=O)N1CCC[C@H]1C(=O)N1CCOCC1. The third kappa shape index (κ3) is 3.37. The Hall–Kier alpha value is -1.54. The first-order valence-corrected chi connectivity index (χ1v) is 8.98. The number of amides is 2. The molecule has 3 heterocycles. The van der Waals surface area contributed by atoms with E-state index in [1.165, 1.54) is 0 Å². The zero-order valence-corrected chi connectivity index (χ0v) is 14.2. The van der Waals surface area contributed by atoms with Gasteiger partial charge in [-0.2, -0.15) is 0 Å². The Morgan fingerprint density at radius 2 is 2.09 bits per heavy atom.